The van der Waals surface area contributed by atoms with Crippen molar-refractivity contribution >= 4 is 34.1 Å². The number of methoxy groups -OCH3 is 1. The van der Waals surface area contributed by atoms with Crippen LogP contribution in [-0.2, 0) is 29.9 Å². The van der Waals surface area contributed by atoms with Gasteiger partial charge in [0.25, 0.3) is 5.69 Å². The molecule has 0 saturated carbocycles. The molecule has 0 amide bonds. The first-order chi connectivity index (χ1) is 17.7. The SMILES string of the molecule is CCOC(=O)C1=C(CS(=O)c2ccc(OC)cc2)N=C(C)C(C(=O)OCC)C1c1cccc([N+](=O)[O-])c1. The lowest BCUT2D eigenvalue weighted by atomic mass is 9.75. The molecule has 3 atom stereocenters. The molecule has 2 aromatic carbocycles. The molecular weight excluding hydrogens is 500 g/mol. The van der Waals surface area contributed by atoms with Crippen LogP contribution in [0.15, 0.2) is 69.7 Å². The molecule has 10 nitrogen and oxygen atoms in total. The second-order valence-electron chi connectivity index (χ2n) is 8.06. The van der Waals surface area contributed by atoms with Crippen LogP contribution in [0, 0.1) is 16.0 Å². The Bertz CT molecular complexity index is 1270. The summed E-state index contributed by atoms with van der Waals surface area (Å²) in [7, 11) is -0.0846. The summed E-state index contributed by atoms with van der Waals surface area (Å²) in [4.78, 5) is 42.3. The third-order valence-electron chi connectivity index (χ3n) is 5.78. The van der Waals surface area contributed by atoms with Crippen molar-refractivity contribution in [3.05, 3.63) is 75.5 Å². The fraction of sp³-hybridized carbons (Fsp3) is 0.346. The Balaban J connectivity index is 2.19. The molecule has 37 heavy (non-hydrogen) atoms. The molecule has 2 aromatic rings. The summed E-state index contributed by atoms with van der Waals surface area (Å²) in [5.74, 6) is -2.93. The molecule has 1 heterocycles. The van der Waals surface area contributed by atoms with Gasteiger partial charge in [-0.15, -0.1) is 0 Å². The van der Waals surface area contributed by atoms with E-state index in [1.807, 2.05) is 0 Å². The Hall–Kier alpha value is -3.86. The smallest absolute Gasteiger partial charge is 0.336 e. The number of hydrogen-bond acceptors (Lipinski definition) is 9. The monoisotopic (exact) mass is 528 g/mol. The van der Waals surface area contributed by atoms with Gasteiger partial charge in [0.15, 0.2) is 0 Å². The highest BCUT2D eigenvalue weighted by molar-refractivity contribution is 7.85. The van der Waals surface area contributed by atoms with E-state index in [2.05, 4.69) is 4.99 Å². The minimum atomic E-state index is -1.61. The third-order valence-corrected chi connectivity index (χ3v) is 7.12. The quantitative estimate of drug-likeness (QED) is 0.257. The molecular formula is C26H28N2O8S. The van der Waals surface area contributed by atoms with Crippen molar-refractivity contribution in [3.8, 4) is 5.75 Å². The van der Waals surface area contributed by atoms with Gasteiger partial charge in [0, 0.05) is 28.7 Å². The molecule has 3 unspecified atom stereocenters. The van der Waals surface area contributed by atoms with Gasteiger partial charge in [-0.05, 0) is 50.6 Å². The third kappa shape index (κ3) is 6.29. The van der Waals surface area contributed by atoms with E-state index in [4.69, 9.17) is 14.2 Å². The normalized spacial score (nSPS) is 18.0. The van der Waals surface area contributed by atoms with Crippen LogP contribution in [0.25, 0.3) is 0 Å². The lowest BCUT2D eigenvalue weighted by Crippen LogP contribution is -2.37. The minimum Gasteiger partial charge on any atom is -0.497 e. The van der Waals surface area contributed by atoms with Crippen LogP contribution in [0.5, 0.6) is 5.75 Å². The predicted octanol–water partition coefficient (Wildman–Crippen LogP) is 3.97. The average Bonchev–Trinajstić information content (AvgIpc) is 2.88. The average molecular weight is 529 g/mol. The number of non-ortho nitro benzene ring substituents is 1. The standard InChI is InChI=1S/C26H28N2O8S/c1-5-35-25(29)22-16(3)27-21(15-37(33)20-12-10-19(34-4)11-13-20)24(26(30)36-6-2)23(22)17-8-7-9-18(14-17)28(31)32/h7-14,22-23H,5-6,15H2,1-4H3. The van der Waals surface area contributed by atoms with E-state index < -0.39 is 39.5 Å². The van der Waals surface area contributed by atoms with Gasteiger partial charge in [0.2, 0.25) is 0 Å². The first kappa shape index (κ1) is 27.7. The van der Waals surface area contributed by atoms with E-state index in [1.54, 1.807) is 51.1 Å². The number of carbonyl (C=O) groups excluding carboxylic acids is 2. The molecule has 0 fully saturated rings. The molecule has 196 valence electrons. The van der Waals surface area contributed by atoms with Gasteiger partial charge in [0.1, 0.15) is 11.7 Å². The van der Waals surface area contributed by atoms with Crippen molar-refractivity contribution in [2.45, 2.75) is 31.6 Å². The molecule has 0 spiro atoms. The lowest BCUT2D eigenvalue weighted by Gasteiger charge is -2.32. The Morgan fingerprint density at radius 1 is 1.08 bits per heavy atom. The Labute approximate surface area is 216 Å². The van der Waals surface area contributed by atoms with Crippen LogP contribution >= 0.6 is 0 Å². The van der Waals surface area contributed by atoms with Crippen molar-refractivity contribution in [2.24, 2.45) is 10.9 Å². The summed E-state index contributed by atoms with van der Waals surface area (Å²) in [6.45, 7) is 5.05. The predicted molar refractivity (Wildman–Crippen MR) is 137 cm³/mol. The maximum absolute atomic E-state index is 13.3. The van der Waals surface area contributed by atoms with Crippen LogP contribution in [0.2, 0.25) is 0 Å². The number of benzene rings is 2. The lowest BCUT2D eigenvalue weighted by molar-refractivity contribution is -0.384. The van der Waals surface area contributed by atoms with Crippen LogP contribution in [0.1, 0.15) is 32.3 Å². The zero-order chi connectivity index (χ0) is 27.1. The molecule has 0 aliphatic carbocycles. The summed E-state index contributed by atoms with van der Waals surface area (Å²) in [6.07, 6.45) is 0. The highest BCUT2D eigenvalue weighted by Crippen LogP contribution is 2.41. The Morgan fingerprint density at radius 3 is 2.35 bits per heavy atom. The summed E-state index contributed by atoms with van der Waals surface area (Å²) in [5, 5.41) is 11.5. The maximum atomic E-state index is 13.3. The van der Waals surface area contributed by atoms with Crippen molar-refractivity contribution in [1.82, 2.24) is 0 Å². The van der Waals surface area contributed by atoms with Crippen molar-refractivity contribution in [1.29, 1.82) is 0 Å². The van der Waals surface area contributed by atoms with Crippen molar-refractivity contribution in [2.75, 3.05) is 26.1 Å². The molecule has 11 heteroatoms. The van der Waals surface area contributed by atoms with Gasteiger partial charge < -0.3 is 14.2 Å². The van der Waals surface area contributed by atoms with Crippen LogP contribution in [-0.4, -0.2) is 52.9 Å². The van der Waals surface area contributed by atoms with Gasteiger partial charge in [-0.25, -0.2) is 4.79 Å². The fourth-order valence-corrected chi connectivity index (χ4v) is 5.23. The van der Waals surface area contributed by atoms with Crippen LogP contribution in [0.4, 0.5) is 5.69 Å². The highest BCUT2D eigenvalue weighted by atomic mass is 32.2. The van der Waals surface area contributed by atoms with Crippen LogP contribution in [0.3, 0.4) is 0 Å². The number of nitro groups is 1. The van der Waals surface area contributed by atoms with Crippen molar-refractivity contribution in [3.63, 3.8) is 0 Å². The molecule has 1 aliphatic heterocycles. The molecule has 1 aliphatic rings. The molecule has 0 saturated heterocycles. The van der Waals surface area contributed by atoms with Gasteiger partial charge in [-0.1, -0.05) is 12.1 Å². The topological polar surface area (TPSA) is 134 Å². The molecule has 0 aromatic heterocycles. The number of rotatable bonds is 10. The number of aliphatic imine (C=N–C) groups is 1. The van der Waals surface area contributed by atoms with E-state index >= 15 is 0 Å². The first-order valence-corrected chi connectivity index (χ1v) is 12.9. The summed E-state index contributed by atoms with van der Waals surface area (Å²) in [5.41, 5.74) is 0.684. The Kier molecular flexibility index (Phi) is 9.29. The number of nitrogens with zero attached hydrogens (tertiary/aromatic N) is 2. The number of esters is 2. The number of hydrogen-bond donors (Lipinski definition) is 0. The number of nitro benzene ring substituents is 1. The minimum absolute atomic E-state index is 0.0212. The molecule has 0 bridgehead atoms. The summed E-state index contributed by atoms with van der Waals surface area (Å²) in [6, 6.07) is 12.4. The highest BCUT2D eigenvalue weighted by Gasteiger charge is 2.43. The van der Waals surface area contributed by atoms with E-state index in [9.17, 15) is 23.9 Å². The largest absolute Gasteiger partial charge is 0.497 e. The van der Waals surface area contributed by atoms with Crippen LogP contribution < -0.4 is 4.74 Å². The first-order valence-electron chi connectivity index (χ1n) is 11.6. The van der Waals surface area contributed by atoms with E-state index in [1.165, 1.54) is 25.3 Å². The summed E-state index contributed by atoms with van der Waals surface area (Å²) < 4.78 is 29.0. The molecule has 3 rings (SSSR count). The van der Waals surface area contributed by atoms with Gasteiger partial charge in [-0.3, -0.25) is 24.1 Å². The molecule has 0 radical (unpaired) electrons. The number of ether oxygens (including phenoxy) is 3. The van der Waals surface area contributed by atoms with E-state index in [0.717, 1.165) is 0 Å². The Morgan fingerprint density at radius 2 is 1.76 bits per heavy atom. The van der Waals surface area contributed by atoms with Crippen molar-refractivity contribution < 1.29 is 32.9 Å². The molecule has 0 N–H and O–H groups in total. The maximum Gasteiger partial charge on any atom is 0.336 e. The second kappa shape index (κ2) is 12.4. The van der Waals surface area contributed by atoms with Gasteiger partial charge >= 0.3 is 11.9 Å². The summed E-state index contributed by atoms with van der Waals surface area (Å²) >= 11 is 0. The second-order valence-corrected chi connectivity index (χ2v) is 9.51. The van der Waals surface area contributed by atoms with E-state index in [-0.39, 0.29) is 35.9 Å². The zero-order valence-corrected chi connectivity index (χ0v) is 21.8. The zero-order valence-electron chi connectivity index (χ0n) is 21.0. The number of carbonyl (C=O) groups is 2. The van der Waals surface area contributed by atoms with Gasteiger partial charge in [0.05, 0.1) is 53.1 Å². The van der Waals surface area contributed by atoms with Gasteiger partial charge in [-0.2, -0.15) is 0 Å². The van der Waals surface area contributed by atoms with E-state index in [0.29, 0.717) is 21.9 Å². The fourth-order valence-electron chi connectivity index (χ4n) is 4.16.